The van der Waals surface area contributed by atoms with Gasteiger partial charge >= 0.3 is 0 Å². The molecule has 273 valence electrons. The molecule has 3 aromatic rings. The monoisotopic (exact) mass is 687 g/mol. The minimum absolute atomic E-state index is 0.0986. The van der Waals surface area contributed by atoms with E-state index in [0.717, 1.165) is 67.1 Å². The molecular weight excluding hydrogens is 625 g/mol. The Morgan fingerprint density at radius 3 is 1.14 bits per heavy atom. The Morgan fingerprint density at radius 2 is 0.804 bits per heavy atom. The molecule has 0 heterocycles. The summed E-state index contributed by atoms with van der Waals surface area (Å²) in [4.78, 5) is 14.0. The first-order chi connectivity index (χ1) is 22.8. The average Bonchev–Trinajstić information content (AvgIpc) is 2.93. The zero-order valence-electron chi connectivity index (χ0n) is 34.9. The standard InChI is InChI=1S/C48H63O3/c1-43(2,3)34-22-31(23-35(40(34)49)44(4,5)6)28-19-29(32-24-36(45(7,8)9)41(50)37(25-32)46(10,11)12)21-30(20-28)33-26-38(47(13,14)15)42(51)39(27-33)48(16,17)18/h19-27H,1-18H3. The summed E-state index contributed by atoms with van der Waals surface area (Å²) >= 11 is 0. The van der Waals surface area contributed by atoms with Gasteiger partial charge in [0, 0.05) is 27.5 Å². The van der Waals surface area contributed by atoms with Crippen LogP contribution in [0.25, 0.3) is 27.8 Å². The molecule has 3 aromatic carbocycles. The van der Waals surface area contributed by atoms with Crippen molar-refractivity contribution in [2.24, 2.45) is 10.8 Å². The van der Waals surface area contributed by atoms with Gasteiger partial charge in [0.25, 0.3) is 5.78 Å². The minimum Gasteiger partial charge on any atom is -0.872 e. The highest BCUT2D eigenvalue weighted by Crippen LogP contribution is 2.47. The maximum absolute atomic E-state index is 14.0. The van der Waals surface area contributed by atoms with E-state index in [0.29, 0.717) is 0 Å². The van der Waals surface area contributed by atoms with Crippen LogP contribution in [0.2, 0.25) is 0 Å². The van der Waals surface area contributed by atoms with E-state index in [1.165, 1.54) is 0 Å². The number of hydrogen-bond donors (Lipinski definition) is 0. The molecule has 0 N–H and O–H groups in total. The SMILES string of the molecule is CC(C)(C)C1=CC(c2cc(-c3cc(C(C)(C)C)c([O])c(C(C)(C)C)c3)cc(-c3cc(C(C)(C)C)c([O-])c(C(C)(C)C)c3)c2)=C[C+](C(C)(C)C)C1=O. The summed E-state index contributed by atoms with van der Waals surface area (Å²) in [6.45, 7) is 37.8. The fourth-order valence-corrected chi connectivity index (χ4v) is 6.86. The Labute approximate surface area is 310 Å². The van der Waals surface area contributed by atoms with Crippen LogP contribution < -0.4 is 5.11 Å². The van der Waals surface area contributed by atoms with Crippen molar-refractivity contribution in [1.29, 1.82) is 0 Å². The van der Waals surface area contributed by atoms with Crippen molar-refractivity contribution < 1.29 is 15.0 Å². The number of allylic oxidation sites excluding steroid dienone is 4. The van der Waals surface area contributed by atoms with Crippen LogP contribution in [0.5, 0.6) is 11.5 Å². The molecule has 1 aliphatic rings. The van der Waals surface area contributed by atoms with Gasteiger partial charge < -0.3 is 5.11 Å². The molecule has 0 saturated carbocycles. The molecule has 0 aromatic heterocycles. The second-order valence-corrected chi connectivity index (χ2v) is 21.0. The van der Waals surface area contributed by atoms with Crippen LogP contribution in [0.1, 0.15) is 152 Å². The summed E-state index contributed by atoms with van der Waals surface area (Å²) < 4.78 is 0. The number of rotatable bonds is 3. The second kappa shape index (κ2) is 12.7. The highest BCUT2D eigenvalue weighted by Gasteiger charge is 2.45. The maximum atomic E-state index is 14.0. The van der Waals surface area contributed by atoms with Gasteiger partial charge in [-0.1, -0.05) is 95.2 Å². The van der Waals surface area contributed by atoms with Crippen LogP contribution in [0.3, 0.4) is 0 Å². The Balaban J connectivity index is 2.20. The van der Waals surface area contributed by atoms with Gasteiger partial charge in [-0.15, -0.1) is 5.75 Å². The van der Waals surface area contributed by atoms with Crippen molar-refractivity contribution in [1.82, 2.24) is 0 Å². The molecular formula is C48H63O3. The van der Waals surface area contributed by atoms with Crippen LogP contribution in [-0.4, -0.2) is 5.78 Å². The number of benzene rings is 3. The molecule has 0 unspecified atom stereocenters. The van der Waals surface area contributed by atoms with Gasteiger partial charge in [0.05, 0.1) is 17.7 Å². The number of carbonyl (C=O) groups excluding carboxylic acids is 1. The number of Topliss-reactive ketones (excluding diaryl/α,β-unsaturated/α-hetero) is 1. The molecule has 1 aliphatic carbocycles. The van der Waals surface area contributed by atoms with Crippen molar-refractivity contribution in [3.05, 3.63) is 93.9 Å². The van der Waals surface area contributed by atoms with Crippen molar-refractivity contribution in [2.45, 2.75) is 146 Å². The Hall–Kier alpha value is -3.72. The van der Waals surface area contributed by atoms with Crippen molar-refractivity contribution >= 4 is 11.4 Å². The first-order valence-electron chi connectivity index (χ1n) is 18.6. The van der Waals surface area contributed by atoms with E-state index in [-0.39, 0.29) is 49.8 Å². The summed E-state index contributed by atoms with van der Waals surface area (Å²) in [5, 5.41) is 27.9. The highest BCUT2D eigenvalue weighted by molar-refractivity contribution is 6.14. The van der Waals surface area contributed by atoms with Crippen molar-refractivity contribution in [3.8, 4) is 33.8 Å². The topological polar surface area (TPSA) is 60.0 Å². The Bertz CT molecular complexity index is 1730. The molecule has 0 atom stereocenters. The lowest BCUT2D eigenvalue weighted by Crippen LogP contribution is -2.32. The Kier molecular flexibility index (Phi) is 10.0. The van der Waals surface area contributed by atoms with Crippen LogP contribution in [0.4, 0.5) is 0 Å². The third-order valence-electron chi connectivity index (χ3n) is 10.0. The van der Waals surface area contributed by atoms with E-state index in [1.54, 1.807) is 0 Å². The molecule has 0 saturated heterocycles. The molecule has 0 bridgehead atoms. The molecule has 0 fully saturated rings. The Morgan fingerprint density at radius 1 is 0.471 bits per heavy atom. The predicted molar refractivity (Wildman–Crippen MR) is 215 cm³/mol. The first kappa shape index (κ1) is 40.1. The van der Waals surface area contributed by atoms with Gasteiger partial charge in [-0.3, -0.25) is 9.90 Å². The van der Waals surface area contributed by atoms with Gasteiger partial charge in [0.1, 0.15) is 11.5 Å². The third-order valence-corrected chi connectivity index (χ3v) is 10.0. The second-order valence-electron chi connectivity index (χ2n) is 21.0. The number of hydrogen-bond acceptors (Lipinski definition) is 2. The number of carbonyl (C=O) groups is 1. The summed E-state index contributed by atoms with van der Waals surface area (Å²) in [6, 6.07) is 14.9. The summed E-state index contributed by atoms with van der Waals surface area (Å²) in [7, 11) is 0. The summed E-state index contributed by atoms with van der Waals surface area (Å²) in [5.74, 6) is 1.09. The number of ketones is 1. The lowest BCUT2D eigenvalue weighted by atomic mass is 9.67. The summed E-state index contributed by atoms with van der Waals surface area (Å²) in [6.07, 6.45) is 4.15. The van der Waals surface area contributed by atoms with Gasteiger partial charge in [0.2, 0.25) is 0 Å². The van der Waals surface area contributed by atoms with E-state index in [9.17, 15) is 15.0 Å². The molecule has 4 rings (SSSR count). The van der Waals surface area contributed by atoms with Crippen LogP contribution in [0, 0.1) is 16.7 Å². The largest absolute Gasteiger partial charge is 0.872 e. The lowest BCUT2D eigenvalue weighted by molar-refractivity contribution is -0.271. The normalized spacial score (nSPS) is 15.3. The highest BCUT2D eigenvalue weighted by atomic mass is 16.3. The van der Waals surface area contributed by atoms with E-state index in [2.05, 4.69) is 179 Å². The molecule has 0 amide bonds. The molecule has 51 heavy (non-hydrogen) atoms. The lowest BCUT2D eigenvalue weighted by Gasteiger charge is -2.34. The van der Waals surface area contributed by atoms with Gasteiger partial charge in [-0.05, 0) is 127 Å². The van der Waals surface area contributed by atoms with Crippen molar-refractivity contribution in [2.75, 3.05) is 0 Å². The van der Waals surface area contributed by atoms with Crippen LogP contribution in [-0.2, 0) is 31.6 Å². The quantitative estimate of drug-likeness (QED) is 0.257. The van der Waals surface area contributed by atoms with Crippen molar-refractivity contribution in [3.63, 3.8) is 0 Å². The average molecular weight is 688 g/mol. The molecule has 3 nitrogen and oxygen atoms in total. The fourth-order valence-electron chi connectivity index (χ4n) is 6.86. The molecule has 0 aliphatic heterocycles. The van der Waals surface area contributed by atoms with E-state index >= 15 is 0 Å². The third kappa shape index (κ3) is 8.34. The van der Waals surface area contributed by atoms with Gasteiger partial charge in [0.15, 0.2) is 5.75 Å². The fraction of sp³-hybridized carbons (Fsp3) is 0.500. The van der Waals surface area contributed by atoms with Crippen LogP contribution in [0.15, 0.2) is 60.2 Å². The molecule has 0 spiro atoms. The zero-order chi connectivity index (χ0) is 39.0. The van der Waals surface area contributed by atoms with E-state index < -0.39 is 0 Å². The molecule has 3 heteroatoms. The van der Waals surface area contributed by atoms with Gasteiger partial charge in [-0.25, -0.2) is 0 Å². The first-order valence-corrected chi connectivity index (χ1v) is 18.6. The predicted octanol–water partition coefficient (Wildman–Crippen LogP) is 13.0. The zero-order valence-corrected chi connectivity index (χ0v) is 34.9. The molecule has 1 radical (unpaired) electrons. The summed E-state index contributed by atoms with van der Waals surface area (Å²) in [5.41, 5.74) is 7.73. The van der Waals surface area contributed by atoms with Gasteiger partial charge in [-0.2, -0.15) is 0 Å². The van der Waals surface area contributed by atoms with E-state index in [4.69, 9.17) is 0 Å². The maximum Gasteiger partial charge on any atom is 0.291 e. The van der Waals surface area contributed by atoms with Crippen LogP contribution >= 0.6 is 0 Å². The smallest absolute Gasteiger partial charge is 0.291 e. The van der Waals surface area contributed by atoms with E-state index in [1.807, 2.05) is 0 Å². The minimum atomic E-state index is -0.353.